The second-order valence-corrected chi connectivity index (χ2v) is 4.50. The minimum absolute atomic E-state index is 0.424. The van der Waals surface area contributed by atoms with Crippen LogP contribution in [0.3, 0.4) is 0 Å². The summed E-state index contributed by atoms with van der Waals surface area (Å²) >= 11 is 0. The number of hydrogen-bond acceptors (Lipinski definition) is 4. The summed E-state index contributed by atoms with van der Waals surface area (Å²) in [6, 6.07) is 0. The fourth-order valence-corrected chi connectivity index (χ4v) is 1.51. The zero-order chi connectivity index (χ0) is 13.9. The second kappa shape index (κ2) is 10.3. The molecule has 0 aliphatic heterocycles. The molecule has 0 radical (unpaired) electrons. The third kappa shape index (κ3) is 7.63. The lowest BCUT2D eigenvalue weighted by molar-refractivity contribution is -0.145. The fourth-order valence-electron chi connectivity index (χ4n) is 1.51. The first-order valence-corrected chi connectivity index (χ1v) is 6.70. The smallest absolute Gasteiger partial charge is 0.323 e. The molecule has 0 bridgehead atoms. The molecule has 5 nitrogen and oxygen atoms in total. The molecule has 0 aliphatic rings. The highest BCUT2D eigenvalue weighted by Crippen LogP contribution is 2.09. The molecule has 108 valence electrons. The highest BCUT2D eigenvalue weighted by Gasteiger charge is 2.31. The average molecular weight is 261 g/mol. The van der Waals surface area contributed by atoms with Crippen LogP contribution in [0, 0.1) is 0 Å². The molecule has 0 spiro atoms. The molecule has 18 heavy (non-hydrogen) atoms. The average Bonchev–Trinajstić information content (AvgIpc) is 2.33. The van der Waals surface area contributed by atoms with Crippen molar-refractivity contribution < 1.29 is 19.4 Å². The van der Waals surface area contributed by atoms with Crippen molar-refractivity contribution in [3.8, 4) is 0 Å². The van der Waals surface area contributed by atoms with E-state index < -0.39 is 11.5 Å². The van der Waals surface area contributed by atoms with Crippen LogP contribution in [0.25, 0.3) is 0 Å². The normalized spacial score (nSPS) is 14.4. The second-order valence-electron chi connectivity index (χ2n) is 4.50. The largest absolute Gasteiger partial charge is 0.480 e. The van der Waals surface area contributed by atoms with Gasteiger partial charge in [-0.05, 0) is 26.3 Å². The Labute approximate surface area is 110 Å². The molecule has 0 rings (SSSR count). The van der Waals surface area contributed by atoms with Gasteiger partial charge in [-0.3, -0.25) is 4.79 Å². The minimum atomic E-state index is -0.905. The molecule has 0 aliphatic carbocycles. The van der Waals surface area contributed by atoms with Gasteiger partial charge in [0.2, 0.25) is 0 Å². The van der Waals surface area contributed by atoms with E-state index in [1.165, 1.54) is 0 Å². The van der Waals surface area contributed by atoms with E-state index in [9.17, 15) is 4.79 Å². The van der Waals surface area contributed by atoms with Gasteiger partial charge in [-0.2, -0.15) is 0 Å². The van der Waals surface area contributed by atoms with E-state index in [-0.39, 0.29) is 0 Å². The van der Waals surface area contributed by atoms with Crippen LogP contribution >= 0.6 is 0 Å². The number of carbonyl (C=O) groups is 1. The zero-order valence-electron chi connectivity index (χ0n) is 11.8. The summed E-state index contributed by atoms with van der Waals surface area (Å²) in [5, 5.41) is 12.1. The molecular weight excluding hydrogens is 234 g/mol. The van der Waals surface area contributed by atoms with Crippen LogP contribution in [-0.4, -0.2) is 49.6 Å². The van der Waals surface area contributed by atoms with Gasteiger partial charge in [-0.15, -0.1) is 0 Å². The lowest BCUT2D eigenvalue weighted by Crippen LogP contribution is -2.50. The van der Waals surface area contributed by atoms with Gasteiger partial charge in [-0.1, -0.05) is 20.3 Å². The van der Waals surface area contributed by atoms with Crippen molar-refractivity contribution in [3.63, 3.8) is 0 Å². The van der Waals surface area contributed by atoms with E-state index in [4.69, 9.17) is 14.6 Å². The number of rotatable bonds is 12. The van der Waals surface area contributed by atoms with Crippen LogP contribution in [0.5, 0.6) is 0 Å². The number of likely N-dealkylation sites (N-methyl/N-ethyl adjacent to an activating group) is 1. The van der Waals surface area contributed by atoms with Gasteiger partial charge >= 0.3 is 5.97 Å². The third-order valence-electron chi connectivity index (χ3n) is 2.80. The molecule has 0 aromatic carbocycles. The topological polar surface area (TPSA) is 67.8 Å². The van der Waals surface area contributed by atoms with E-state index in [1.807, 2.05) is 6.92 Å². The van der Waals surface area contributed by atoms with Crippen LogP contribution in [0.15, 0.2) is 0 Å². The van der Waals surface area contributed by atoms with Gasteiger partial charge in [-0.25, -0.2) is 0 Å². The molecule has 2 N–H and O–H groups in total. The van der Waals surface area contributed by atoms with Crippen LogP contribution in [0.1, 0.15) is 40.0 Å². The van der Waals surface area contributed by atoms with Crippen molar-refractivity contribution >= 4 is 5.97 Å². The van der Waals surface area contributed by atoms with Crippen molar-refractivity contribution in [3.05, 3.63) is 0 Å². The summed E-state index contributed by atoms with van der Waals surface area (Å²) in [7, 11) is 0. The van der Waals surface area contributed by atoms with Crippen LogP contribution in [-0.2, 0) is 14.3 Å². The predicted octanol–water partition coefficient (Wildman–Crippen LogP) is 1.66. The van der Waals surface area contributed by atoms with E-state index in [1.54, 1.807) is 6.92 Å². The van der Waals surface area contributed by atoms with Gasteiger partial charge in [0.25, 0.3) is 0 Å². The number of hydrogen-bond donors (Lipinski definition) is 2. The van der Waals surface area contributed by atoms with Gasteiger partial charge in [0.1, 0.15) is 5.54 Å². The lowest BCUT2D eigenvalue weighted by atomic mass is 9.99. The molecular formula is C13H27NO4. The van der Waals surface area contributed by atoms with E-state index in [0.717, 1.165) is 19.4 Å². The van der Waals surface area contributed by atoms with Crippen LogP contribution in [0.4, 0.5) is 0 Å². The monoisotopic (exact) mass is 261 g/mol. The quantitative estimate of drug-likeness (QED) is 0.523. The number of unbranched alkanes of at least 4 members (excludes halogenated alkanes) is 1. The molecule has 0 fully saturated rings. The number of carboxylic acid groups (broad SMARTS) is 1. The van der Waals surface area contributed by atoms with Crippen molar-refractivity contribution in [2.75, 3.05) is 33.0 Å². The van der Waals surface area contributed by atoms with Gasteiger partial charge in [0.05, 0.1) is 13.2 Å². The fraction of sp³-hybridized carbons (Fsp3) is 0.923. The highest BCUT2D eigenvalue weighted by atomic mass is 16.5. The summed E-state index contributed by atoms with van der Waals surface area (Å²) in [5.74, 6) is -0.841. The summed E-state index contributed by atoms with van der Waals surface area (Å²) in [5.41, 5.74) is -0.905. The Kier molecular flexibility index (Phi) is 9.92. The van der Waals surface area contributed by atoms with E-state index >= 15 is 0 Å². The summed E-state index contributed by atoms with van der Waals surface area (Å²) in [6.07, 6.45) is 2.64. The number of nitrogens with one attached hydrogen (secondary N) is 1. The van der Waals surface area contributed by atoms with Crippen molar-refractivity contribution in [2.24, 2.45) is 0 Å². The Morgan fingerprint density at radius 1 is 1.17 bits per heavy atom. The van der Waals surface area contributed by atoms with E-state index in [2.05, 4.69) is 12.2 Å². The summed E-state index contributed by atoms with van der Waals surface area (Å²) < 4.78 is 10.7. The first kappa shape index (κ1) is 17.4. The Bertz CT molecular complexity index is 223. The highest BCUT2D eigenvalue weighted by molar-refractivity contribution is 5.78. The van der Waals surface area contributed by atoms with Gasteiger partial charge < -0.3 is 19.9 Å². The lowest BCUT2D eigenvalue weighted by Gasteiger charge is -2.25. The van der Waals surface area contributed by atoms with Crippen molar-refractivity contribution in [1.82, 2.24) is 5.32 Å². The maximum atomic E-state index is 11.1. The standard InChI is InChI=1S/C13H27NO4/c1-4-6-8-17-10-11-18-9-7-13(3,12(15)16)14-5-2/h14H,4-11H2,1-3H3,(H,15,16). The minimum Gasteiger partial charge on any atom is -0.480 e. The zero-order valence-corrected chi connectivity index (χ0v) is 11.8. The van der Waals surface area contributed by atoms with Gasteiger partial charge in [0.15, 0.2) is 0 Å². The Balaban J connectivity index is 3.59. The maximum Gasteiger partial charge on any atom is 0.323 e. The van der Waals surface area contributed by atoms with Crippen molar-refractivity contribution in [2.45, 2.75) is 45.6 Å². The molecule has 0 heterocycles. The number of aliphatic carboxylic acids is 1. The maximum absolute atomic E-state index is 11.1. The van der Waals surface area contributed by atoms with E-state index in [0.29, 0.717) is 32.8 Å². The molecule has 0 saturated carbocycles. The van der Waals surface area contributed by atoms with Crippen LogP contribution < -0.4 is 5.32 Å². The first-order valence-electron chi connectivity index (χ1n) is 6.70. The van der Waals surface area contributed by atoms with Gasteiger partial charge in [0, 0.05) is 13.2 Å². The Hall–Kier alpha value is -0.650. The molecule has 0 saturated heterocycles. The molecule has 0 aromatic rings. The SMILES string of the molecule is CCCCOCCOCCC(C)(NCC)C(=O)O. The van der Waals surface area contributed by atoms with Crippen LogP contribution in [0.2, 0.25) is 0 Å². The number of ether oxygens (including phenoxy) is 2. The number of carboxylic acids is 1. The molecule has 5 heteroatoms. The molecule has 0 amide bonds. The Morgan fingerprint density at radius 2 is 1.78 bits per heavy atom. The third-order valence-corrected chi connectivity index (χ3v) is 2.80. The Morgan fingerprint density at radius 3 is 2.28 bits per heavy atom. The van der Waals surface area contributed by atoms with Crippen molar-refractivity contribution in [1.29, 1.82) is 0 Å². The predicted molar refractivity (Wildman–Crippen MR) is 70.9 cm³/mol. The molecule has 1 unspecified atom stereocenters. The molecule has 1 atom stereocenters. The summed E-state index contributed by atoms with van der Waals surface area (Å²) in [6.45, 7) is 8.60. The summed E-state index contributed by atoms with van der Waals surface area (Å²) in [4.78, 5) is 11.1. The first-order chi connectivity index (χ1) is 8.56. The molecule has 0 aromatic heterocycles.